The number of hydrogen-bond donors (Lipinski definition) is 0. The van der Waals surface area contributed by atoms with E-state index >= 15 is 0 Å². The van der Waals surface area contributed by atoms with Gasteiger partial charge in [-0.25, -0.2) is 0 Å². The zero-order chi connectivity index (χ0) is 10.5. The van der Waals surface area contributed by atoms with Crippen molar-refractivity contribution in [3.8, 4) is 0 Å². The van der Waals surface area contributed by atoms with Gasteiger partial charge in [-0.1, -0.05) is 56.4 Å². The van der Waals surface area contributed by atoms with E-state index in [1.807, 2.05) is 24.3 Å². The average Bonchev–Trinajstić information content (AvgIpc) is 2.31. The van der Waals surface area contributed by atoms with Crippen LogP contribution in [0.15, 0.2) is 24.3 Å². The molecule has 0 amide bonds. The summed E-state index contributed by atoms with van der Waals surface area (Å²) in [6.45, 7) is 0. The van der Waals surface area contributed by atoms with Gasteiger partial charge in [0.1, 0.15) is 0 Å². The van der Waals surface area contributed by atoms with Crippen LogP contribution >= 0.6 is 0 Å². The van der Waals surface area contributed by atoms with E-state index in [1.54, 1.807) is 0 Å². The fraction of sp³-hybridized carbons (Fsp3) is 0.500. The minimum absolute atomic E-state index is 0.302. The van der Waals surface area contributed by atoms with Crippen LogP contribution in [-0.2, 0) is 0 Å². The van der Waals surface area contributed by atoms with Crippen molar-refractivity contribution < 1.29 is 4.79 Å². The van der Waals surface area contributed by atoms with E-state index in [9.17, 15) is 4.79 Å². The first-order valence-corrected chi connectivity index (χ1v) is 5.85. The highest BCUT2D eigenvalue weighted by Crippen LogP contribution is 2.27. The monoisotopic (exact) mass is 201 g/mol. The van der Waals surface area contributed by atoms with E-state index < -0.39 is 0 Å². The molecule has 0 heterocycles. The molecule has 0 spiro atoms. The first kappa shape index (κ1) is 10.4. The molecule has 1 heteroatoms. The zero-order valence-electron chi connectivity index (χ0n) is 9.04. The maximum absolute atomic E-state index is 11.9. The summed E-state index contributed by atoms with van der Waals surface area (Å²) in [6.07, 6.45) is 7.19. The normalized spacial score (nSPS) is 17.6. The van der Waals surface area contributed by atoms with Crippen molar-refractivity contribution in [3.05, 3.63) is 35.9 Å². The predicted octanol–water partition coefficient (Wildman–Crippen LogP) is 3.64. The third-order valence-electron chi connectivity index (χ3n) is 3.24. The van der Waals surface area contributed by atoms with Crippen molar-refractivity contribution in [2.75, 3.05) is 0 Å². The van der Waals surface area contributed by atoms with E-state index in [0.717, 1.165) is 12.0 Å². The van der Waals surface area contributed by atoms with E-state index in [0.29, 0.717) is 11.7 Å². The molecule has 1 aliphatic rings. The maximum Gasteiger partial charge on any atom is 0.163 e. The Hall–Kier alpha value is -1.11. The third kappa shape index (κ3) is 2.92. The average molecular weight is 201 g/mol. The summed E-state index contributed by atoms with van der Waals surface area (Å²) in [7, 11) is 0. The van der Waals surface area contributed by atoms with Gasteiger partial charge >= 0.3 is 0 Å². The summed E-state index contributed by atoms with van der Waals surface area (Å²) in [6, 6.07) is 10.3. The Morgan fingerprint density at radius 3 is 2.53 bits per heavy atom. The van der Waals surface area contributed by atoms with Crippen LogP contribution in [0, 0.1) is 12.0 Å². The Morgan fingerprint density at radius 2 is 1.87 bits per heavy atom. The second-order valence-corrected chi connectivity index (χ2v) is 4.42. The third-order valence-corrected chi connectivity index (χ3v) is 3.24. The lowest BCUT2D eigenvalue weighted by Gasteiger charge is -2.20. The first-order chi connectivity index (χ1) is 7.36. The van der Waals surface area contributed by atoms with E-state index in [2.05, 4.69) is 6.07 Å². The second kappa shape index (κ2) is 5.11. The van der Waals surface area contributed by atoms with Gasteiger partial charge in [0.15, 0.2) is 5.78 Å². The number of carbonyl (C=O) groups excluding carboxylic acids is 1. The molecule has 1 nitrogen and oxygen atoms in total. The van der Waals surface area contributed by atoms with Crippen LogP contribution in [0.5, 0.6) is 0 Å². The van der Waals surface area contributed by atoms with Gasteiger partial charge in [0.2, 0.25) is 0 Å². The van der Waals surface area contributed by atoms with Crippen LogP contribution in [0.4, 0.5) is 0 Å². The number of benzene rings is 1. The largest absolute Gasteiger partial charge is 0.294 e. The van der Waals surface area contributed by atoms with E-state index in [1.165, 1.54) is 32.1 Å². The molecule has 1 saturated carbocycles. The topological polar surface area (TPSA) is 17.1 Å². The minimum Gasteiger partial charge on any atom is -0.294 e. The molecule has 1 fully saturated rings. The molecule has 0 N–H and O–H groups in total. The van der Waals surface area contributed by atoms with Gasteiger partial charge in [-0.3, -0.25) is 4.79 Å². The van der Waals surface area contributed by atoms with Crippen molar-refractivity contribution in [1.82, 2.24) is 0 Å². The quantitative estimate of drug-likeness (QED) is 0.682. The molecule has 0 unspecified atom stereocenters. The first-order valence-electron chi connectivity index (χ1n) is 5.85. The summed E-state index contributed by atoms with van der Waals surface area (Å²) < 4.78 is 0. The predicted molar refractivity (Wildman–Crippen MR) is 60.8 cm³/mol. The summed E-state index contributed by atoms with van der Waals surface area (Å²) in [5.74, 6) is 0.936. The molecule has 0 aliphatic heterocycles. The highest BCUT2D eigenvalue weighted by molar-refractivity contribution is 5.96. The molecular weight excluding hydrogens is 184 g/mol. The summed E-state index contributed by atoms with van der Waals surface area (Å²) in [5.41, 5.74) is 0.847. The van der Waals surface area contributed by atoms with Crippen molar-refractivity contribution >= 4 is 5.78 Å². The fourth-order valence-corrected chi connectivity index (χ4v) is 2.34. The van der Waals surface area contributed by atoms with Crippen LogP contribution < -0.4 is 0 Å². The van der Waals surface area contributed by atoms with Crippen molar-refractivity contribution in [2.45, 2.75) is 38.5 Å². The van der Waals surface area contributed by atoms with Crippen molar-refractivity contribution in [1.29, 1.82) is 0 Å². The van der Waals surface area contributed by atoms with E-state index in [-0.39, 0.29) is 0 Å². The number of ketones is 1. The number of Topliss-reactive ketones (excluding diaryl/α,β-unsaturated/α-hetero) is 1. The lowest BCUT2D eigenvalue weighted by molar-refractivity contribution is 0.0950. The molecule has 0 bridgehead atoms. The highest BCUT2D eigenvalue weighted by Gasteiger charge is 2.17. The van der Waals surface area contributed by atoms with Crippen molar-refractivity contribution in [2.24, 2.45) is 5.92 Å². The molecule has 0 atom stereocenters. The lowest BCUT2D eigenvalue weighted by atomic mass is 9.85. The van der Waals surface area contributed by atoms with Gasteiger partial charge < -0.3 is 0 Å². The second-order valence-electron chi connectivity index (χ2n) is 4.42. The zero-order valence-corrected chi connectivity index (χ0v) is 9.04. The Morgan fingerprint density at radius 1 is 1.20 bits per heavy atom. The molecule has 15 heavy (non-hydrogen) atoms. The van der Waals surface area contributed by atoms with E-state index in [4.69, 9.17) is 0 Å². The molecule has 0 aromatic heterocycles. The summed E-state index contributed by atoms with van der Waals surface area (Å²) in [5, 5.41) is 0. The summed E-state index contributed by atoms with van der Waals surface area (Å²) >= 11 is 0. The smallest absolute Gasteiger partial charge is 0.163 e. The van der Waals surface area contributed by atoms with Crippen LogP contribution in [0.2, 0.25) is 0 Å². The minimum atomic E-state index is 0.302. The molecule has 0 saturated heterocycles. The Bertz CT molecular complexity index is 309. The summed E-state index contributed by atoms with van der Waals surface area (Å²) in [4.78, 5) is 11.9. The number of hydrogen-bond acceptors (Lipinski definition) is 1. The lowest BCUT2D eigenvalue weighted by Crippen LogP contribution is -2.12. The standard InChI is InChI=1S/C14H17O/c15-14(13-9-5-2-6-10-13)11-12-7-3-1-4-8-12/h5-6,9-10,12H,1,3-4,7-8,11H2. The van der Waals surface area contributed by atoms with Gasteiger partial charge in [0.25, 0.3) is 0 Å². The molecule has 1 aliphatic carbocycles. The molecule has 2 rings (SSSR count). The Labute approximate surface area is 91.5 Å². The van der Waals surface area contributed by atoms with Gasteiger partial charge in [-0.15, -0.1) is 0 Å². The molecule has 79 valence electrons. The van der Waals surface area contributed by atoms with Crippen LogP contribution in [0.1, 0.15) is 48.9 Å². The Kier molecular flexibility index (Phi) is 3.54. The molecule has 1 radical (unpaired) electrons. The van der Waals surface area contributed by atoms with Crippen molar-refractivity contribution in [3.63, 3.8) is 0 Å². The van der Waals surface area contributed by atoms with Gasteiger partial charge in [-0.05, 0) is 12.0 Å². The molecule has 1 aromatic rings. The molecule has 1 aromatic carbocycles. The fourth-order valence-electron chi connectivity index (χ4n) is 2.34. The number of rotatable bonds is 3. The van der Waals surface area contributed by atoms with Gasteiger partial charge in [0.05, 0.1) is 0 Å². The number of carbonyl (C=O) groups is 1. The molecular formula is C14H17O. The van der Waals surface area contributed by atoms with Crippen LogP contribution in [-0.4, -0.2) is 5.78 Å². The highest BCUT2D eigenvalue weighted by atomic mass is 16.1. The maximum atomic E-state index is 11.9. The Balaban J connectivity index is 1.91. The van der Waals surface area contributed by atoms with Gasteiger partial charge in [0, 0.05) is 12.0 Å². The van der Waals surface area contributed by atoms with Gasteiger partial charge in [-0.2, -0.15) is 0 Å². The van der Waals surface area contributed by atoms with Crippen LogP contribution in [0.25, 0.3) is 0 Å². The SMILES string of the molecule is O=C(CC1CCCCC1)c1cc[c]cc1. The van der Waals surface area contributed by atoms with Crippen LogP contribution in [0.3, 0.4) is 0 Å².